The molecule has 4 rings (SSSR count). The largest absolute Gasteiger partial charge is 0.484 e. The van der Waals surface area contributed by atoms with Crippen molar-refractivity contribution in [2.24, 2.45) is 4.99 Å². The number of hydrogen-bond acceptors (Lipinski definition) is 3. The number of ether oxygens (including phenoxy) is 1. The van der Waals surface area contributed by atoms with Gasteiger partial charge in [0.05, 0.1) is 16.8 Å². The molecule has 0 fully saturated rings. The number of para-hydroxylation sites is 1. The van der Waals surface area contributed by atoms with Crippen molar-refractivity contribution in [1.82, 2.24) is 4.57 Å². The summed E-state index contributed by atoms with van der Waals surface area (Å²) in [6, 6.07) is 21.4. The van der Waals surface area contributed by atoms with Crippen LogP contribution in [0.1, 0.15) is 0 Å². The zero-order valence-corrected chi connectivity index (χ0v) is 15.3. The third-order valence-corrected chi connectivity index (χ3v) is 5.28. The second-order valence-corrected chi connectivity index (χ2v) is 6.89. The highest BCUT2D eigenvalue weighted by atomic mass is 32.1. The van der Waals surface area contributed by atoms with E-state index < -0.39 is 0 Å². The lowest BCUT2D eigenvalue weighted by Crippen LogP contribution is -2.19. The van der Waals surface area contributed by atoms with Crippen LogP contribution in [-0.4, -0.2) is 17.1 Å². The Morgan fingerprint density at radius 2 is 1.85 bits per heavy atom. The molecule has 5 heteroatoms. The minimum Gasteiger partial charge on any atom is -0.484 e. The van der Waals surface area contributed by atoms with Crippen LogP contribution in [0.4, 0.5) is 0 Å². The molecule has 0 N–H and O–H groups in total. The molecule has 0 spiro atoms. The average Bonchev–Trinajstić information content (AvgIpc) is 3.05. The van der Waals surface area contributed by atoms with Crippen molar-refractivity contribution in [2.75, 3.05) is 6.61 Å². The quantitative estimate of drug-likeness (QED) is 0.508. The summed E-state index contributed by atoms with van der Waals surface area (Å²) >= 11 is 1.47. The van der Waals surface area contributed by atoms with Crippen LogP contribution in [0, 0.1) is 12.3 Å². The van der Waals surface area contributed by atoms with Crippen LogP contribution < -0.4 is 9.54 Å². The summed E-state index contributed by atoms with van der Waals surface area (Å²) in [5.74, 6) is 2.94. The van der Waals surface area contributed by atoms with Gasteiger partial charge in [0.25, 0.3) is 5.91 Å². The van der Waals surface area contributed by atoms with Gasteiger partial charge in [-0.3, -0.25) is 4.79 Å². The van der Waals surface area contributed by atoms with Crippen molar-refractivity contribution >= 4 is 38.2 Å². The SMILES string of the molecule is C#CCn1c(=NC(=O)COc2ccccc2)sc2c3ccccc3ccc21. The molecule has 0 radical (unpaired) electrons. The molecular formula is C22H16N2O2S. The molecule has 1 heterocycles. The number of carbonyl (C=O) groups is 1. The van der Waals surface area contributed by atoms with Gasteiger partial charge >= 0.3 is 0 Å². The van der Waals surface area contributed by atoms with E-state index in [9.17, 15) is 4.79 Å². The Labute approximate surface area is 160 Å². The van der Waals surface area contributed by atoms with Crippen molar-refractivity contribution < 1.29 is 9.53 Å². The van der Waals surface area contributed by atoms with E-state index in [1.165, 1.54) is 11.3 Å². The molecule has 1 amide bonds. The number of rotatable bonds is 4. The maximum Gasteiger partial charge on any atom is 0.286 e. The van der Waals surface area contributed by atoms with E-state index >= 15 is 0 Å². The average molecular weight is 372 g/mol. The van der Waals surface area contributed by atoms with E-state index in [0.717, 1.165) is 21.0 Å². The normalized spacial score (nSPS) is 11.6. The van der Waals surface area contributed by atoms with Crippen LogP contribution in [0.25, 0.3) is 21.0 Å². The zero-order valence-electron chi connectivity index (χ0n) is 14.5. The van der Waals surface area contributed by atoms with Gasteiger partial charge in [-0.25, -0.2) is 0 Å². The molecule has 1 aromatic heterocycles. The molecule has 4 aromatic rings. The van der Waals surface area contributed by atoms with E-state index in [1.54, 1.807) is 12.1 Å². The van der Waals surface area contributed by atoms with Crippen molar-refractivity contribution in [2.45, 2.75) is 6.54 Å². The number of amides is 1. The summed E-state index contributed by atoms with van der Waals surface area (Å²) in [5.41, 5.74) is 0.979. The molecule has 132 valence electrons. The number of benzene rings is 3. The van der Waals surface area contributed by atoms with E-state index in [-0.39, 0.29) is 12.5 Å². The summed E-state index contributed by atoms with van der Waals surface area (Å²) in [5, 5.41) is 2.27. The summed E-state index contributed by atoms with van der Waals surface area (Å²) in [4.78, 5) is 17.2. The van der Waals surface area contributed by atoms with Crippen LogP contribution in [0.3, 0.4) is 0 Å². The number of nitrogens with zero attached hydrogens (tertiary/aromatic N) is 2. The van der Waals surface area contributed by atoms with E-state index in [4.69, 9.17) is 11.2 Å². The van der Waals surface area contributed by atoms with Crippen LogP contribution in [0.2, 0.25) is 0 Å². The molecule has 3 aromatic carbocycles. The highest BCUT2D eigenvalue weighted by Crippen LogP contribution is 2.27. The topological polar surface area (TPSA) is 43.6 Å². The fraction of sp³-hybridized carbons (Fsp3) is 0.0909. The Hall–Kier alpha value is -3.36. The van der Waals surface area contributed by atoms with Gasteiger partial charge in [0, 0.05) is 5.39 Å². The number of thiazole rings is 1. The minimum atomic E-state index is -0.347. The van der Waals surface area contributed by atoms with Crippen LogP contribution >= 0.6 is 11.3 Å². The lowest BCUT2D eigenvalue weighted by atomic mass is 10.1. The summed E-state index contributed by atoms with van der Waals surface area (Å²) in [6.07, 6.45) is 5.54. The predicted molar refractivity (Wildman–Crippen MR) is 109 cm³/mol. The number of carbonyl (C=O) groups excluding carboxylic acids is 1. The number of terminal acetylenes is 1. The summed E-state index contributed by atoms with van der Waals surface area (Å²) < 4.78 is 8.46. The number of aromatic nitrogens is 1. The van der Waals surface area contributed by atoms with E-state index in [0.29, 0.717) is 17.1 Å². The Morgan fingerprint density at radius 1 is 1.07 bits per heavy atom. The van der Waals surface area contributed by atoms with Gasteiger partial charge in [0.2, 0.25) is 0 Å². The zero-order chi connectivity index (χ0) is 18.6. The van der Waals surface area contributed by atoms with E-state index in [2.05, 4.69) is 29.1 Å². The minimum absolute atomic E-state index is 0.116. The third-order valence-electron chi connectivity index (χ3n) is 4.15. The summed E-state index contributed by atoms with van der Waals surface area (Å²) in [6.45, 7) is 0.235. The maximum atomic E-state index is 12.3. The number of hydrogen-bond donors (Lipinski definition) is 0. The molecule has 0 bridgehead atoms. The lowest BCUT2D eigenvalue weighted by molar-refractivity contribution is -0.120. The first-order valence-electron chi connectivity index (χ1n) is 8.46. The van der Waals surface area contributed by atoms with Gasteiger partial charge in [-0.1, -0.05) is 65.8 Å². The molecule has 0 saturated heterocycles. The molecule has 0 aliphatic rings. The first-order chi connectivity index (χ1) is 13.3. The first-order valence-corrected chi connectivity index (χ1v) is 9.28. The van der Waals surface area contributed by atoms with Crippen molar-refractivity contribution in [1.29, 1.82) is 0 Å². The predicted octanol–water partition coefficient (Wildman–Crippen LogP) is 4.00. The van der Waals surface area contributed by atoms with Gasteiger partial charge in [-0.2, -0.15) is 4.99 Å². The standard InChI is InChI=1S/C22H16N2O2S/c1-2-14-24-19-13-12-16-8-6-7-11-18(16)21(19)27-22(24)23-20(25)15-26-17-9-4-3-5-10-17/h1,3-13H,14-15H2. The van der Waals surface area contributed by atoms with Crippen molar-refractivity contribution in [3.63, 3.8) is 0 Å². The first kappa shape index (κ1) is 17.1. The highest BCUT2D eigenvalue weighted by Gasteiger charge is 2.10. The molecule has 0 aliphatic carbocycles. The molecule has 0 aliphatic heterocycles. The molecule has 4 nitrogen and oxygen atoms in total. The van der Waals surface area contributed by atoms with Crippen molar-refractivity contribution in [3.05, 3.63) is 71.5 Å². The second-order valence-electron chi connectivity index (χ2n) is 5.92. The Morgan fingerprint density at radius 3 is 2.67 bits per heavy atom. The lowest BCUT2D eigenvalue weighted by Gasteiger charge is -2.03. The molecular weight excluding hydrogens is 356 g/mol. The monoisotopic (exact) mass is 372 g/mol. The Balaban J connectivity index is 1.74. The van der Waals surface area contributed by atoms with Gasteiger partial charge in [0.1, 0.15) is 5.75 Å². The van der Waals surface area contributed by atoms with Crippen LogP contribution in [-0.2, 0) is 11.3 Å². The fourth-order valence-corrected chi connectivity index (χ4v) is 4.11. The molecule has 27 heavy (non-hydrogen) atoms. The van der Waals surface area contributed by atoms with Crippen molar-refractivity contribution in [3.8, 4) is 18.1 Å². The molecule has 0 atom stereocenters. The Kier molecular flexibility index (Phi) is 4.73. The van der Waals surface area contributed by atoms with Gasteiger partial charge in [-0.05, 0) is 23.6 Å². The molecule has 0 unspecified atom stereocenters. The fourth-order valence-electron chi connectivity index (χ4n) is 2.93. The van der Waals surface area contributed by atoms with Gasteiger partial charge in [-0.15, -0.1) is 6.42 Å². The van der Waals surface area contributed by atoms with Crippen LogP contribution in [0.5, 0.6) is 5.75 Å². The van der Waals surface area contributed by atoms with E-state index in [1.807, 2.05) is 41.0 Å². The Bertz CT molecular complexity index is 1230. The second kappa shape index (κ2) is 7.48. The molecule has 0 saturated carbocycles. The third kappa shape index (κ3) is 3.48. The smallest absolute Gasteiger partial charge is 0.286 e. The highest BCUT2D eigenvalue weighted by molar-refractivity contribution is 7.17. The summed E-state index contributed by atoms with van der Waals surface area (Å²) in [7, 11) is 0. The van der Waals surface area contributed by atoms with Gasteiger partial charge < -0.3 is 9.30 Å². The number of fused-ring (bicyclic) bond motifs is 3. The van der Waals surface area contributed by atoms with Crippen LogP contribution in [0.15, 0.2) is 71.7 Å². The maximum absolute atomic E-state index is 12.3. The van der Waals surface area contributed by atoms with Gasteiger partial charge in [0.15, 0.2) is 11.4 Å².